The molecule has 1 unspecified atom stereocenters. The molecule has 4 nitrogen and oxygen atoms in total. The Balaban J connectivity index is 2.15. The van der Waals surface area contributed by atoms with Crippen molar-refractivity contribution in [1.82, 2.24) is 0 Å². The molecule has 2 aromatic rings. The summed E-state index contributed by atoms with van der Waals surface area (Å²) in [5.41, 5.74) is 0.972. The Kier molecular flexibility index (Phi) is 4.13. The summed E-state index contributed by atoms with van der Waals surface area (Å²) >= 11 is 0. The van der Waals surface area contributed by atoms with Gasteiger partial charge in [-0.25, -0.2) is 15.2 Å². The zero-order valence-corrected chi connectivity index (χ0v) is 12.4. The summed E-state index contributed by atoms with van der Waals surface area (Å²) in [6.45, 7) is 2.07. The molecule has 0 saturated heterocycles. The lowest BCUT2D eigenvalue weighted by Crippen LogP contribution is -2.34. The largest absolute Gasteiger partial charge is 0.262 e. The molecule has 0 aromatic heterocycles. The van der Waals surface area contributed by atoms with Crippen LogP contribution in [0.15, 0.2) is 70.6 Å². The molecule has 1 heterocycles. The number of benzene rings is 2. The standard InChI is InChI=1S/C18H18N2O2/c1-2-9-16-19-17(14-10-5-3-6-11-14)18(20-16,22-21)15-12-7-4-8-13-15/h3-8,10-13,21H,2,9H2,1H3. The van der Waals surface area contributed by atoms with E-state index in [0.29, 0.717) is 11.5 Å². The third-order valence-corrected chi connectivity index (χ3v) is 3.67. The van der Waals surface area contributed by atoms with E-state index in [4.69, 9.17) is 4.89 Å². The van der Waals surface area contributed by atoms with E-state index in [1.165, 1.54) is 0 Å². The van der Waals surface area contributed by atoms with E-state index >= 15 is 0 Å². The van der Waals surface area contributed by atoms with Crippen molar-refractivity contribution in [1.29, 1.82) is 0 Å². The van der Waals surface area contributed by atoms with E-state index in [9.17, 15) is 5.26 Å². The van der Waals surface area contributed by atoms with Crippen molar-refractivity contribution < 1.29 is 10.1 Å². The number of aliphatic imine (C=N–C) groups is 2. The quantitative estimate of drug-likeness (QED) is 0.668. The molecule has 1 atom stereocenters. The Morgan fingerprint density at radius 1 is 1.00 bits per heavy atom. The lowest BCUT2D eigenvalue weighted by atomic mass is 9.93. The molecule has 0 bridgehead atoms. The number of amidine groups is 1. The molecular weight excluding hydrogens is 276 g/mol. The molecule has 0 aliphatic carbocycles. The summed E-state index contributed by atoms with van der Waals surface area (Å²) in [6, 6.07) is 19.2. The van der Waals surface area contributed by atoms with Crippen LogP contribution in [0.4, 0.5) is 0 Å². The topological polar surface area (TPSA) is 54.2 Å². The van der Waals surface area contributed by atoms with Gasteiger partial charge in [0.15, 0.2) is 0 Å². The third-order valence-electron chi connectivity index (χ3n) is 3.67. The summed E-state index contributed by atoms with van der Waals surface area (Å²) in [7, 11) is 0. The Labute approximate surface area is 129 Å². The van der Waals surface area contributed by atoms with Crippen molar-refractivity contribution in [3.05, 3.63) is 71.8 Å². The average molecular weight is 294 g/mol. The molecule has 22 heavy (non-hydrogen) atoms. The smallest absolute Gasteiger partial charge is 0.249 e. The first-order chi connectivity index (χ1) is 10.8. The van der Waals surface area contributed by atoms with E-state index in [2.05, 4.69) is 16.9 Å². The van der Waals surface area contributed by atoms with Gasteiger partial charge in [-0.1, -0.05) is 67.6 Å². The maximum atomic E-state index is 9.70. The summed E-state index contributed by atoms with van der Waals surface area (Å²) in [5.74, 6) is 0.694. The Morgan fingerprint density at radius 2 is 1.64 bits per heavy atom. The maximum absolute atomic E-state index is 9.70. The van der Waals surface area contributed by atoms with Crippen molar-refractivity contribution in [2.24, 2.45) is 9.98 Å². The van der Waals surface area contributed by atoms with E-state index in [-0.39, 0.29) is 0 Å². The third kappa shape index (κ3) is 2.47. The van der Waals surface area contributed by atoms with Crippen LogP contribution in [-0.2, 0) is 10.6 Å². The molecule has 2 aromatic carbocycles. The average Bonchev–Trinajstić information content (AvgIpc) is 2.97. The minimum Gasteiger partial charge on any atom is -0.249 e. The molecule has 112 valence electrons. The number of nitrogens with zero attached hydrogens (tertiary/aromatic N) is 2. The SMILES string of the molecule is CCCC1=NC(OO)(c2ccccc2)C(c2ccccc2)=N1. The second kappa shape index (κ2) is 6.22. The van der Waals surface area contributed by atoms with Crippen LogP contribution < -0.4 is 0 Å². The van der Waals surface area contributed by atoms with E-state index in [0.717, 1.165) is 24.0 Å². The van der Waals surface area contributed by atoms with Crippen molar-refractivity contribution >= 4 is 11.5 Å². The van der Waals surface area contributed by atoms with Gasteiger partial charge in [0.2, 0.25) is 0 Å². The highest BCUT2D eigenvalue weighted by molar-refractivity contribution is 6.16. The number of hydrogen-bond donors (Lipinski definition) is 1. The first-order valence-electron chi connectivity index (χ1n) is 7.41. The highest BCUT2D eigenvalue weighted by Crippen LogP contribution is 2.36. The second-order valence-electron chi connectivity index (χ2n) is 5.21. The lowest BCUT2D eigenvalue weighted by molar-refractivity contribution is -0.302. The molecule has 0 fully saturated rings. The molecular formula is C18H18N2O2. The summed E-state index contributed by atoms with van der Waals surface area (Å²) < 4.78 is 0. The van der Waals surface area contributed by atoms with Crippen molar-refractivity contribution in [3.63, 3.8) is 0 Å². The summed E-state index contributed by atoms with van der Waals surface area (Å²) in [5, 5.41) is 9.70. The van der Waals surface area contributed by atoms with Crippen LogP contribution in [0.3, 0.4) is 0 Å². The Bertz CT molecular complexity index is 696. The maximum Gasteiger partial charge on any atom is 0.262 e. The fraction of sp³-hybridized carbons (Fsp3) is 0.222. The molecule has 1 N–H and O–H groups in total. The van der Waals surface area contributed by atoms with Gasteiger partial charge in [0.05, 0.1) is 0 Å². The normalized spacial score (nSPS) is 20.6. The molecule has 0 saturated carbocycles. The Morgan fingerprint density at radius 3 is 2.23 bits per heavy atom. The number of rotatable bonds is 5. The van der Waals surface area contributed by atoms with Crippen LogP contribution in [0, 0.1) is 0 Å². The van der Waals surface area contributed by atoms with Gasteiger partial charge < -0.3 is 0 Å². The van der Waals surface area contributed by atoms with Gasteiger partial charge in [-0.2, -0.15) is 4.89 Å². The van der Waals surface area contributed by atoms with Crippen molar-refractivity contribution in [3.8, 4) is 0 Å². The Hall–Kier alpha value is -2.30. The van der Waals surface area contributed by atoms with Gasteiger partial charge in [-0.05, 0) is 6.42 Å². The monoisotopic (exact) mass is 294 g/mol. The minimum absolute atomic E-state index is 0.616. The van der Waals surface area contributed by atoms with Crippen LogP contribution in [-0.4, -0.2) is 16.8 Å². The van der Waals surface area contributed by atoms with Gasteiger partial charge in [-0.3, -0.25) is 0 Å². The van der Waals surface area contributed by atoms with E-state index < -0.39 is 5.72 Å². The lowest BCUT2D eigenvalue weighted by Gasteiger charge is -2.24. The fourth-order valence-corrected chi connectivity index (χ4v) is 2.64. The van der Waals surface area contributed by atoms with Crippen LogP contribution in [0.2, 0.25) is 0 Å². The predicted molar refractivity (Wildman–Crippen MR) is 87.2 cm³/mol. The minimum atomic E-state index is -1.28. The van der Waals surface area contributed by atoms with Crippen molar-refractivity contribution in [2.75, 3.05) is 0 Å². The first kappa shape index (κ1) is 14.6. The van der Waals surface area contributed by atoms with Gasteiger partial charge in [-0.15, -0.1) is 0 Å². The van der Waals surface area contributed by atoms with E-state index in [1.807, 2.05) is 60.7 Å². The second-order valence-corrected chi connectivity index (χ2v) is 5.21. The molecule has 4 heteroatoms. The molecule has 0 radical (unpaired) electrons. The van der Waals surface area contributed by atoms with Crippen LogP contribution in [0.1, 0.15) is 30.9 Å². The van der Waals surface area contributed by atoms with Gasteiger partial charge >= 0.3 is 0 Å². The van der Waals surface area contributed by atoms with Crippen LogP contribution >= 0.6 is 0 Å². The van der Waals surface area contributed by atoms with Gasteiger partial charge in [0, 0.05) is 17.5 Å². The highest BCUT2D eigenvalue weighted by atomic mass is 17.1. The van der Waals surface area contributed by atoms with E-state index in [1.54, 1.807) is 0 Å². The van der Waals surface area contributed by atoms with Crippen LogP contribution in [0.5, 0.6) is 0 Å². The number of hydrogen-bond acceptors (Lipinski definition) is 4. The molecule has 3 rings (SSSR count). The van der Waals surface area contributed by atoms with Gasteiger partial charge in [0.1, 0.15) is 11.5 Å². The molecule has 0 spiro atoms. The van der Waals surface area contributed by atoms with Crippen molar-refractivity contribution in [2.45, 2.75) is 25.5 Å². The summed E-state index contributed by atoms with van der Waals surface area (Å²) in [6.07, 6.45) is 1.68. The summed E-state index contributed by atoms with van der Waals surface area (Å²) in [4.78, 5) is 14.1. The molecule has 0 amide bonds. The predicted octanol–water partition coefficient (Wildman–Crippen LogP) is 4.03. The van der Waals surface area contributed by atoms with Gasteiger partial charge in [0.25, 0.3) is 5.72 Å². The zero-order chi connectivity index (χ0) is 15.4. The van der Waals surface area contributed by atoms with Crippen LogP contribution in [0.25, 0.3) is 0 Å². The molecule has 1 aliphatic heterocycles. The zero-order valence-electron chi connectivity index (χ0n) is 12.4. The molecule has 1 aliphatic rings. The first-order valence-corrected chi connectivity index (χ1v) is 7.41. The fourth-order valence-electron chi connectivity index (χ4n) is 2.64. The highest BCUT2D eigenvalue weighted by Gasteiger charge is 2.44.